The van der Waals surface area contributed by atoms with Crippen molar-refractivity contribution in [1.82, 2.24) is 9.88 Å². The third-order valence-electron chi connectivity index (χ3n) is 3.02. The molecule has 2 heterocycles. The number of anilines is 2. The van der Waals surface area contributed by atoms with Gasteiger partial charge in [-0.15, -0.1) is 0 Å². The number of carbonyl (C=O) groups excluding carboxylic acids is 1. The van der Waals surface area contributed by atoms with Gasteiger partial charge in [0.1, 0.15) is 11.9 Å². The highest BCUT2D eigenvalue weighted by atomic mass is 16.5. The van der Waals surface area contributed by atoms with E-state index < -0.39 is 0 Å². The van der Waals surface area contributed by atoms with E-state index in [2.05, 4.69) is 10.3 Å². The van der Waals surface area contributed by atoms with Crippen molar-refractivity contribution in [3.05, 3.63) is 17.8 Å². The summed E-state index contributed by atoms with van der Waals surface area (Å²) in [5, 5.41) is 12.0. The number of nitriles is 1. The number of carbonyl (C=O) groups is 1. The molecular weight excluding hydrogens is 258 g/mol. The Morgan fingerprint density at radius 1 is 1.55 bits per heavy atom. The van der Waals surface area contributed by atoms with Crippen LogP contribution < -0.4 is 11.1 Å². The predicted molar refractivity (Wildman–Crippen MR) is 73.9 cm³/mol. The molecule has 106 valence electrons. The van der Waals surface area contributed by atoms with Crippen molar-refractivity contribution in [2.45, 2.75) is 6.42 Å². The van der Waals surface area contributed by atoms with Crippen molar-refractivity contribution in [1.29, 1.82) is 5.26 Å². The van der Waals surface area contributed by atoms with E-state index in [0.29, 0.717) is 56.3 Å². The van der Waals surface area contributed by atoms with Crippen molar-refractivity contribution in [2.75, 3.05) is 43.9 Å². The number of nitrogen functional groups attached to an aromatic ring is 1. The topological polar surface area (TPSA) is 104 Å². The number of hydrogen-bond acceptors (Lipinski definition) is 6. The molecule has 7 nitrogen and oxygen atoms in total. The molecule has 1 aliphatic rings. The third kappa shape index (κ3) is 3.59. The summed E-state index contributed by atoms with van der Waals surface area (Å²) in [6.07, 6.45) is 1.84. The summed E-state index contributed by atoms with van der Waals surface area (Å²) in [6, 6.07) is 3.58. The maximum atomic E-state index is 11.9. The fourth-order valence-corrected chi connectivity index (χ4v) is 1.97. The van der Waals surface area contributed by atoms with Gasteiger partial charge in [0.2, 0.25) is 5.91 Å². The van der Waals surface area contributed by atoms with Gasteiger partial charge in [0, 0.05) is 26.1 Å². The van der Waals surface area contributed by atoms with Crippen LogP contribution in [0.15, 0.2) is 12.3 Å². The van der Waals surface area contributed by atoms with Gasteiger partial charge in [-0.05, 0) is 6.07 Å². The maximum absolute atomic E-state index is 11.9. The summed E-state index contributed by atoms with van der Waals surface area (Å²) in [5.41, 5.74) is 6.38. The molecule has 20 heavy (non-hydrogen) atoms. The van der Waals surface area contributed by atoms with E-state index >= 15 is 0 Å². The molecule has 1 aromatic rings. The van der Waals surface area contributed by atoms with Gasteiger partial charge < -0.3 is 20.7 Å². The minimum Gasteiger partial charge on any atom is -0.397 e. The lowest BCUT2D eigenvalue weighted by Crippen LogP contribution is -2.41. The molecule has 0 aromatic carbocycles. The molecule has 1 saturated heterocycles. The number of nitrogens with two attached hydrogens (primary N) is 1. The summed E-state index contributed by atoms with van der Waals surface area (Å²) in [4.78, 5) is 17.8. The number of nitrogens with one attached hydrogen (secondary N) is 1. The molecule has 0 atom stereocenters. The van der Waals surface area contributed by atoms with Gasteiger partial charge in [-0.1, -0.05) is 0 Å². The Kier molecular flexibility index (Phi) is 4.74. The monoisotopic (exact) mass is 275 g/mol. The fourth-order valence-electron chi connectivity index (χ4n) is 1.97. The van der Waals surface area contributed by atoms with Gasteiger partial charge in [-0.2, -0.15) is 5.26 Å². The number of nitrogens with zero attached hydrogens (tertiary/aromatic N) is 3. The van der Waals surface area contributed by atoms with Gasteiger partial charge >= 0.3 is 0 Å². The van der Waals surface area contributed by atoms with Crippen molar-refractivity contribution in [2.24, 2.45) is 0 Å². The van der Waals surface area contributed by atoms with Crippen LogP contribution in [0.5, 0.6) is 0 Å². The summed E-state index contributed by atoms with van der Waals surface area (Å²) in [6.45, 7) is 2.90. The van der Waals surface area contributed by atoms with E-state index in [1.807, 2.05) is 6.07 Å². The second kappa shape index (κ2) is 6.73. The average Bonchev–Trinajstić information content (AvgIpc) is 2.49. The zero-order valence-electron chi connectivity index (χ0n) is 11.1. The van der Waals surface area contributed by atoms with Crippen molar-refractivity contribution >= 4 is 17.4 Å². The van der Waals surface area contributed by atoms with E-state index in [1.54, 1.807) is 11.0 Å². The molecule has 0 unspecified atom stereocenters. The molecule has 7 heteroatoms. The summed E-state index contributed by atoms with van der Waals surface area (Å²) in [7, 11) is 0. The number of morpholine rings is 1. The second-order valence-electron chi connectivity index (χ2n) is 4.45. The zero-order chi connectivity index (χ0) is 14.4. The number of aromatic nitrogens is 1. The van der Waals surface area contributed by atoms with Crippen LogP contribution in [0.4, 0.5) is 11.5 Å². The first-order valence-corrected chi connectivity index (χ1v) is 6.45. The molecular formula is C13H17N5O2. The van der Waals surface area contributed by atoms with Gasteiger partial charge in [0.05, 0.1) is 30.7 Å². The quantitative estimate of drug-likeness (QED) is 0.813. The second-order valence-corrected chi connectivity index (χ2v) is 4.45. The molecule has 1 aliphatic heterocycles. The summed E-state index contributed by atoms with van der Waals surface area (Å²) < 4.78 is 5.20. The highest BCUT2D eigenvalue weighted by Gasteiger charge is 2.16. The first kappa shape index (κ1) is 14.1. The first-order chi connectivity index (χ1) is 9.70. The highest BCUT2D eigenvalue weighted by Crippen LogP contribution is 2.14. The summed E-state index contributed by atoms with van der Waals surface area (Å²) in [5.74, 6) is 0.534. The number of hydrogen-bond donors (Lipinski definition) is 2. The molecule has 0 radical (unpaired) electrons. The Balaban J connectivity index is 1.83. The smallest absolute Gasteiger partial charge is 0.224 e. The molecule has 0 spiro atoms. The zero-order valence-corrected chi connectivity index (χ0v) is 11.1. The molecule has 1 fully saturated rings. The van der Waals surface area contributed by atoms with Crippen LogP contribution in [0.25, 0.3) is 0 Å². The normalized spacial score (nSPS) is 14.7. The Hall–Kier alpha value is -2.33. The Morgan fingerprint density at radius 2 is 2.30 bits per heavy atom. The minimum absolute atomic E-state index is 0.0785. The number of amides is 1. The highest BCUT2D eigenvalue weighted by molar-refractivity contribution is 5.76. The summed E-state index contributed by atoms with van der Waals surface area (Å²) >= 11 is 0. The van der Waals surface area contributed by atoms with Gasteiger partial charge in [-0.3, -0.25) is 4.79 Å². The molecule has 2 rings (SSSR count). The third-order valence-corrected chi connectivity index (χ3v) is 3.02. The van der Waals surface area contributed by atoms with Crippen LogP contribution in [-0.2, 0) is 9.53 Å². The Labute approximate surface area is 117 Å². The lowest BCUT2D eigenvalue weighted by Gasteiger charge is -2.26. The fraction of sp³-hybridized carbons (Fsp3) is 0.462. The molecule has 3 N–H and O–H groups in total. The van der Waals surface area contributed by atoms with Crippen molar-refractivity contribution in [3.8, 4) is 6.07 Å². The number of ether oxygens (including phenoxy) is 1. The van der Waals surface area contributed by atoms with E-state index in [1.165, 1.54) is 6.20 Å². The number of rotatable bonds is 4. The standard InChI is InChI=1S/C13H17N5O2/c14-8-10-7-11(15)9-17-13(10)16-2-1-12(19)18-3-5-20-6-4-18/h7,9H,1-6,15H2,(H,16,17). The minimum atomic E-state index is 0.0785. The largest absolute Gasteiger partial charge is 0.397 e. The van der Waals surface area contributed by atoms with Crippen LogP contribution in [0.2, 0.25) is 0 Å². The van der Waals surface area contributed by atoms with Gasteiger partial charge in [-0.25, -0.2) is 4.98 Å². The molecule has 0 bridgehead atoms. The molecule has 1 aromatic heterocycles. The van der Waals surface area contributed by atoms with Crippen LogP contribution in [-0.4, -0.2) is 48.6 Å². The SMILES string of the molecule is N#Cc1cc(N)cnc1NCCC(=O)N1CCOCC1. The van der Waals surface area contributed by atoms with Crippen LogP contribution in [0.3, 0.4) is 0 Å². The van der Waals surface area contributed by atoms with E-state index in [4.69, 9.17) is 15.7 Å². The lowest BCUT2D eigenvalue weighted by molar-refractivity contribution is -0.134. The van der Waals surface area contributed by atoms with Crippen molar-refractivity contribution in [3.63, 3.8) is 0 Å². The van der Waals surface area contributed by atoms with Crippen molar-refractivity contribution < 1.29 is 9.53 Å². The lowest BCUT2D eigenvalue weighted by atomic mass is 10.2. The van der Waals surface area contributed by atoms with Gasteiger partial charge in [0.15, 0.2) is 0 Å². The Morgan fingerprint density at radius 3 is 3.00 bits per heavy atom. The first-order valence-electron chi connectivity index (χ1n) is 6.45. The van der Waals surface area contributed by atoms with E-state index in [-0.39, 0.29) is 5.91 Å². The molecule has 0 aliphatic carbocycles. The molecule has 1 amide bonds. The van der Waals surface area contributed by atoms with E-state index in [9.17, 15) is 4.79 Å². The van der Waals surface area contributed by atoms with Crippen LogP contribution >= 0.6 is 0 Å². The maximum Gasteiger partial charge on any atom is 0.224 e. The van der Waals surface area contributed by atoms with Gasteiger partial charge in [0.25, 0.3) is 0 Å². The van der Waals surface area contributed by atoms with Crippen LogP contribution in [0, 0.1) is 11.3 Å². The molecule has 0 saturated carbocycles. The predicted octanol–water partition coefficient (Wildman–Crippen LogP) is 0.196. The Bertz CT molecular complexity index is 520. The average molecular weight is 275 g/mol. The van der Waals surface area contributed by atoms with Crippen LogP contribution in [0.1, 0.15) is 12.0 Å². The number of pyridine rings is 1. The van der Waals surface area contributed by atoms with E-state index in [0.717, 1.165) is 0 Å².